The number of nitrogens with zero attached hydrogens (tertiary/aromatic N) is 3. The molecule has 0 radical (unpaired) electrons. The van der Waals surface area contributed by atoms with Gasteiger partial charge in [-0.25, -0.2) is 4.98 Å². The summed E-state index contributed by atoms with van der Waals surface area (Å²) in [7, 11) is 1.77. The van der Waals surface area contributed by atoms with Crippen LogP contribution in [-0.4, -0.2) is 20.4 Å². The highest BCUT2D eigenvalue weighted by Gasteiger charge is 2.32. The molecule has 0 aliphatic rings. The lowest BCUT2D eigenvalue weighted by Gasteiger charge is -2.13. The van der Waals surface area contributed by atoms with Crippen LogP contribution in [0, 0.1) is 0 Å². The van der Waals surface area contributed by atoms with Crippen molar-refractivity contribution >= 4 is 51.8 Å². The van der Waals surface area contributed by atoms with Crippen molar-refractivity contribution in [1.82, 2.24) is 19.9 Å². The highest BCUT2D eigenvalue weighted by atomic mass is 35.5. The molecule has 0 atom stereocenters. The maximum Gasteiger partial charge on any atom is 0.416 e. The number of pyridine rings is 1. The first-order valence-corrected chi connectivity index (χ1v) is 10.4. The number of amides is 1. The van der Waals surface area contributed by atoms with Gasteiger partial charge in [0.25, 0.3) is 5.91 Å². The van der Waals surface area contributed by atoms with Crippen molar-refractivity contribution in [1.29, 1.82) is 0 Å². The zero-order chi connectivity index (χ0) is 23.8. The number of alkyl halides is 3. The Morgan fingerprint density at radius 1 is 1.09 bits per heavy atom. The minimum Gasteiger partial charge on any atom is -0.348 e. The number of fused-ring (bicyclic) bond motifs is 1. The molecule has 2 heterocycles. The third-order valence-corrected chi connectivity index (χ3v) is 5.57. The summed E-state index contributed by atoms with van der Waals surface area (Å²) in [6.45, 7) is -0.263. The van der Waals surface area contributed by atoms with Gasteiger partial charge in [-0.15, -0.1) is 0 Å². The predicted molar refractivity (Wildman–Crippen MR) is 121 cm³/mol. The van der Waals surface area contributed by atoms with E-state index in [1.807, 2.05) is 0 Å². The number of anilines is 2. The summed E-state index contributed by atoms with van der Waals surface area (Å²) >= 11 is 12.3. The molecule has 0 aliphatic heterocycles. The summed E-state index contributed by atoms with van der Waals surface area (Å²) in [4.78, 5) is 21.0. The number of halogens is 5. The van der Waals surface area contributed by atoms with Crippen LogP contribution in [0.2, 0.25) is 10.0 Å². The number of nitrogens with one attached hydrogen (secondary N) is 2. The fraction of sp³-hybridized carbons (Fsp3) is 0.136. The molecule has 0 saturated heterocycles. The van der Waals surface area contributed by atoms with Crippen LogP contribution in [0.5, 0.6) is 0 Å². The van der Waals surface area contributed by atoms with Crippen LogP contribution in [0.15, 0.2) is 54.9 Å². The molecule has 170 valence electrons. The van der Waals surface area contributed by atoms with Crippen LogP contribution in [0.25, 0.3) is 11.0 Å². The molecule has 1 amide bonds. The quantitative estimate of drug-likeness (QED) is 0.359. The van der Waals surface area contributed by atoms with E-state index < -0.39 is 17.6 Å². The first-order valence-electron chi connectivity index (χ1n) is 9.61. The average Bonchev–Trinajstić information content (AvgIpc) is 3.09. The predicted octanol–water partition coefficient (Wildman–Crippen LogP) is 5.97. The second-order valence-corrected chi connectivity index (χ2v) is 7.95. The molecule has 6 nitrogen and oxygen atoms in total. The normalized spacial score (nSPS) is 11.6. The fourth-order valence-electron chi connectivity index (χ4n) is 3.32. The maximum atomic E-state index is 13.2. The van der Waals surface area contributed by atoms with E-state index in [1.54, 1.807) is 29.8 Å². The van der Waals surface area contributed by atoms with E-state index in [4.69, 9.17) is 23.2 Å². The number of hydrogen-bond donors (Lipinski definition) is 2. The average molecular weight is 494 g/mol. The van der Waals surface area contributed by atoms with E-state index in [0.717, 1.165) is 11.6 Å². The fourth-order valence-corrected chi connectivity index (χ4v) is 3.78. The summed E-state index contributed by atoms with van der Waals surface area (Å²) in [6, 6.07) is 9.94. The minimum absolute atomic E-state index is 0.0186. The zero-order valence-electron chi connectivity index (χ0n) is 17.0. The number of rotatable bonds is 5. The molecular formula is C22H16Cl2F3N5O. The number of benzene rings is 2. The summed E-state index contributed by atoms with van der Waals surface area (Å²) in [5.41, 5.74) is 1.12. The van der Waals surface area contributed by atoms with Crippen molar-refractivity contribution in [3.63, 3.8) is 0 Å². The lowest BCUT2D eigenvalue weighted by Crippen LogP contribution is -2.24. The van der Waals surface area contributed by atoms with Gasteiger partial charge in [-0.1, -0.05) is 41.4 Å². The lowest BCUT2D eigenvalue weighted by molar-refractivity contribution is -0.138. The van der Waals surface area contributed by atoms with E-state index in [2.05, 4.69) is 20.6 Å². The van der Waals surface area contributed by atoms with Crippen molar-refractivity contribution in [3.8, 4) is 0 Å². The molecule has 2 N–H and O–H groups in total. The van der Waals surface area contributed by atoms with E-state index in [9.17, 15) is 18.0 Å². The Kier molecular flexibility index (Phi) is 6.18. The van der Waals surface area contributed by atoms with Crippen molar-refractivity contribution in [2.24, 2.45) is 7.05 Å². The second-order valence-electron chi connectivity index (χ2n) is 7.14. The van der Waals surface area contributed by atoms with E-state index >= 15 is 0 Å². The van der Waals surface area contributed by atoms with Gasteiger partial charge in [-0.3, -0.25) is 9.78 Å². The molecule has 0 unspecified atom stereocenters. The van der Waals surface area contributed by atoms with Gasteiger partial charge >= 0.3 is 6.18 Å². The van der Waals surface area contributed by atoms with Gasteiger partial charge in [0.05, 0.1) is 32.3 Å². The van der Waals surface area contributed by atoms with Crippen LogP contribution in [0.3, 0.4) is 0 Å². The third kappa shape index (κ3) is 4.74. The topological polar surface area (TPSA) is 71.8 Å². The van der Waals surface area contributed by atoms with Gasteiger partial charge in [0.2, 0.25) is 5.95 Å². The lowest BCUT2D eigenvalue weighted by atomic mass is 10.1. The molecule has 2 aromatic carbocycles. The summed E-state index contributed by atoms with van der Waals surface area (Å²) < 4.78 is 41.3. The molecule has 0 fully saturated rings. The van der Waals surface area contributed by atoms with E-state index in [-0.39, 0.29) is 17.7 Å². The largest absolute Gasteiger partial charge is 0.416 e. The Hall–Kier alpha value is -3.30. The Bertz CT molecular complexity index is 1330. The van der Waals surface area contributed by atoms with E-state index in [1.165, 1.54) is 30.6 Å². The molecule has 2 aromatic heterocycles. The number of hydrogen-bond acceptors (Lipinski definition) is 4. The van der Waals surface area contributed by atoms with Gasteiger partial charge in [0.15, 0.2) is 0 Å². The molecule has 0 bridgehead atoms. The molecule has 0 spiro atoms. The second kappa shape index (κ2) is 8.92. The molecule has 4 rings (SSSR count). The Morgan fingerprint density at radius 3 is 2.48 bits per heavy atom. The number of imidazole rings is 1. The maximum absolute atomic E-state index is 13.2. The summed E-state index contributed by atoms with van der Waals surface area (Å²) in [5.74, 6) is -0.0917. The molecule has 4 aromatic rings. The third-order valence-electron chi connectivity index (χ3n) is 5.00. The number of carbonyl (C=O) groups is 1. The summed E-state index contributed by atoms with van der Waals surface area (Å²) in [6.07, 6.45) is -1.62. The van der Waals surface area contributed by atoms with Gasteiger partial charge in [-0.2, -0.15) is 13.2 Å². The number of carbonyl (C=O) groups excluding carboxylic acids is 1. The zero-order valence-corrected chi connectivity index (χ0v) is 18.6. The van der Waals surface area contributed by atoms with Crippen molar-refractivity contribution in [2.75, 3.05) is 5.32 Å². The van der Waals surface area contributed by atoms with Crippen molar-refractivity contribution in [2.45, 2.75) is 12.7 Å². The molecule has 0 aliphatic carbocycles. The van der Waals surface area contributed by atoms with Crippen LogP contribution < -0.4 is 10.6 Å². The highest BCUT2D eigenvalue weighted by Crippen LogP contribution is 2.33. The van der Waals surface area contributed by atoms with Crippen LogP contribution in [0.4, 0.5) is 24.8 Å². The smallest absolute Gasteiger partial charge is 0.348 e. The molecule has 11 heteroatoms. The number of aryl methyl sites for hydroxylation is 1. The van der Waals surface area contributed by atoms with Crippen molar-refractivity contribution in [3.05, 3.63) is 81.6 Å². The van der Waals surface area contributed by atoms with E-state index in [0.29, 0.717) is 27.2 Å². The van der Waals surface area contributed by atoms with Crippen LogP contribution >= 0.6 is 23.2 Å². The van der Waals surface area contributed by atoms with Gasteiger partial charge in [0.1, 0.15) is 0 Å². The number of aromatic nitrogens is 3. The minimum atomic E-state index is -4.50. The molecule has 33 heavy (non-hydrogen) atoms. The first-order chi connectivity index (χ1) is 15.6. The van der Waals surface area contributed by atoms with Gasteiger partial charge in [0, 0.05) is 31.5 Å². The Labute approximate surface area is 196 Å². The molecule has 0 saturated carbocycles. The Morgan fingerprint density at radius 2 is 1.79 bits per heavy atom. The van der Waals surface area contributed by atoms with Crippen LogP contribution in [0.1, 0.15) is 21.5 Å². The SMILES string of the molecule is Cn1c(Nc2c(Cl)cncc2Cl)nc2cc(C(=O)NCc3ccccc3C(F)(F)F)ccc21. The monoisotopic (exact) mass is 493 g/mol. The Balaban J connectivity index is 1.56. The first kappa shape index (κ1) is 22.9. The summed E-state index contributed by atoms with van der Waals surface area (Å²) in [5, 5.41) is 6.22. The van der Waals surface area contributed by atoms with Gasteiger partial charge in [-0.05, 0) is 29.8 Å². The standard InChI is InChI=1S/C22H16Cl2F3N5O/c1-32-18-7-6-12(20(33)29-9-13-4-2-3-5-14(13)22(25,26)27)8-17(18)30-21(32)31-19-15(23)10-28-11-16(19)24/h2-8,10-11H,9H2,1H3,(H,29,33)(H,28,30,31). The highest BCUT2D eigenvalue weighted by molar-refractivity contribution is 6.39. The van der Waals surface area contributed by atoms with Gasteiger partial charge < -0.3 is 15.2 Å². The van der Waals surface area contributed by atoms with Crippen molar-refractivity contribution < 1.29 is 18.0 Å². The molecular weight excluding hydrogens is 478 g/mol. The van der Waals surface area contributed by atoms with Crippen LogP contribution in [-0.2, 0) is 19.8 Å².